The minimum Gasteiger partial charge on any atom is -0.543 e. The van der Waals surface area contributed by atoms with Crippen molar-refractivity contribution in [1.29, 1.82) is 0 Å². The molecule has 114 heavy (non-hydrogen) atoms. The number of carbonyl (C=O) groups is 10. The van der Waals surface area contributed by atoms with Gasteiger partial charge in [-0.1, -0.05) is 0 Å². The molecule has 0 saturated carbocycles. The van der Waals surface area contributed by atoms with E-state index < -0.39 is 59.7 Å². The molecule has 2 radical (unpaired) electrons. The number of hydrogen-bond donors (Lipinski definition) is 0. The molecule has 604 valence electrons. The summed E-state index contributed by atoms with van der Waals surface area (Å²) in [6.07, 6.45) is 40.0. The second kappa shape index (κ2) is 75.2. The van der Waals surface area contributed by atoms with E-state index in [-0.39, 0.29) is 112 Å². The summed E-state index contributed by atoms with van der Waals surface area (Å²) in [6, 6.07) is 21.1. The Balaban J connectivity index is -0.000000114. The molecule has 0 fully saturated rings. The van der Waals surface area contributed by atoms with Crippen LogP contribution in [-0.4, -0.2) is 223 Å². The molecule has 52 nitrogen and oxygen atoms in total. The normalized spacial score (nSPS) is 8.04. The van der Waals surface area contributed by atoms with E-state index in [1.807, 2.05) is 0 Å². The minimum atomic E-state index is -2.19. The van der Waals surface area contributed by atoms with Gasteiger partial charge < -0.3 is 143 Å². The molecule has 12 aromatic rings. The number of carboxylic acid groups (broad SMARTS) is 10. The Morgan fingerprint density at radius 2 is 0.184 bits per heavy atom. The molecule has 0 aliphatic heterocycles. The smallest absolute Gasteiger partial charge is 0.543 e. The van der Waals surface area contributed by atoms with Crippen molar-refractivity contribution >= 4 is 59.7 Å². The summed E-state index contributed by atoms with van der Waals surface area (Å²) in [5, 5.41) is 89.3. The van der Waals surface area contributed by atoms with Gasteiger partial charge in [0.05, 0.1) is 59.7 Å². The third-order valence-corrected chi connectivity index (χ3v) is 8.82. The molecule has 56 heteroatoms. The van der Waals surface area contributed by atoms with E-state index in [4.69, 9.17) is 99.0 Å². The first kappa shape index (κ1) is 123. The van der Waals surface area contributed by atoms with Crippen LogP contribution >= 0.6 is 0 Å². The Hall–Kier alpha value is -14.6. The van der Waals surface area contributed by atoms with Gasteiger partial charge in [-0.3, -0.25) is 0 Å². The predicted molar refractivity (Wildman–Crippen MR) is 337 cm³/mol. The van der Waals surface area contributed by atoms with Gasteiger partial charge >= 0.3 is 68.3 Å². The number of carboxylic acids is 10. The summed E-state index contributed by atoms with van der Waals surface area (Å²) in [5.41, 5.74) is 0. The average Bonchev–Trinajstić information content (AvgIpc) is 0.924. The molecule has 12 rings (SSSR count). The van der Waals surface area contributed by atoms with Crippen molar-refractivity contribution in [1.82, 2.24) is 120 Å². The molecule has 0 spiro atoms. The fourth-order valence-corrected chi connectivity index (χ4v) is 4.97. The second-order valence-electron chi connectivity index (χ2n) is 15.7. The number of carbonyl (C=O) groups excluding carboxylic acids is 10. The average molecular weight is 1760 g/mol. The van der Waals surface area contributed by atoms with Crippen LogP contribution in [-0.2, 0) is 116 Å². The Morgan fingerprint density at radius 3 is 0.219 bits per heavy atom. The van der Waals surface area contributed by atoms with Crippen molar-refractivity contribution in [2.75, 3.05) is 0 Å². The minimum absolute atomic E-state index is 0. The molecule has 0 saturated heterocycles. The van der Waals surface area contributed by atoms with Crippen LogP contribution in [0.3, 0.4) is 0 Å². The van der Waals surface area contributed by atoms with Gasteiger partial charge in [-0.05, 0) is 72.8 Å². The number of aliphatic carboxylic acids is 10. The van der Waals surface area contributed by atoms with Gasteiger partial charge in [0.1, 0.15) is 0 Å². The van der Waals surface area contributed by atoms with E-state index >= 15 is 0 Å². The van der Waals surface area contributed by atoms with E-state index in [0.717, 1.165) is 0 Å². The zero-order valence-electron chi connectivity index (χ0n) is 56.1. The maximum atomic E-state index is 8.93. The Labute approximate surface area is 678 Å². The third-order valence-electron chi connectivity index (χ3n) is 8.82. The largest absolute Gasteiger partial charge is 3.00 e. The van der Waals surface area contributed by atoms with Crippen molar-refractivity contribution in [3.63, 3.8) is 0 Å². The predicted octanol–water partition coefficient (Wildman–Crippen LogP) is -18.6. The van der Waals surface area contributed by atoms with Crippen LogP contribution in [0, 0.1) is 0 Å². The molecule has 0 aliphatic carbocycles. The van der Waals surface area contributed by atoms with Crippen LogP contribution in [0.2, 0.25) is 0 Å². The van der Waals surface area contributed by atoms with Crippen molar-refractivity contribution in [3.05, 3.63) is 222 Å². The van der Waals surface area contributed by atoms with Crippen molar-refractivity contribution in [2.45, 2.75) is 0 Å². The van der Waals surface area contributed by atoms with E-state index in [9.17, 15) is 0 Å². The van der Waals surface area contributed by atoms with Crippen molar-refractivity contribution < 1.29 is 211 Å². The fourth-order valence-electron chi connectivity index (χ4n) is 4.97. The Morgan fingerprint density at radius 1 is 0.140 bits per heavy atom. The molecular formula is C58H52Fe4N24O28. The summed E-state index contributed by atoms with van der Waals surface area (Å²) >= 11 is 0. The number of hydrogen-bond acceptors (Lipinski definition) is 44. The van der Waals surface area contributed by atoms with Crippen LogP contribution < -0.4 is 51.1 Å². The number of nitrogens with zero attached hydrogens (tertiary/aromatic N) is 24. The number of aromatic nitrogens is 24. The van der Waals surface area contributed by atoms with Gasteiger partial charge in [-0.2, -0.15) is 0 Å². The summed E-state index contributed by atoms with van der Waals surface area (Å²) in [7, 11) is 0. The Kier molecular flexibility index (Phi) is 81.3. The van der Waals surface area contributed by atoms with E-state index in [0.29, 0.717) is 69.9 Å². The fraction of sp³-hybridized carbons (Fsp3) is 0. The zero-order chi connectivity index (χ0) is 75.1. The van der Waals surface area contributed by atoms with Crippen LogP contribution in [0.15, 0.2) is 222 Å². The first-order valence-corrected chi connectivity index (χ1v) is 26.4. The molecule has 0 unspecified atom stereocenters. The van der Waals surface area contributed by atoms with Gasteiger partial charge in [-0.25, -0.2) is 120 Å². The first-order chi connectivity index (χ1) is 49.0. The Bertz CT molecular complexity index is 3450. The van der Waals surface area contributed by atoms with Gasteiger partial charge in [0.25, 0.3) is 0 Å². The molecule has 0 aromatic carbocycles. The van der Waals surface area contributed by atoms with Gasteiger partial charge in [0.15, 0.2) is 69.9 Å². The standard InChI is InChI=1S/6C8H6N4.5C2H2O4.4Fe.8H2O/c6*1-3-9-7(10-4-1)8-11-5-2-6-12-8;5*3-1(4)2(5)6;;;;;;;;;;;;/h6*1-6H;5*(H,3,4)(H,5,6);;;;;8*1H2/q;;;;;;;;;;;2*+2;2*+3;;;;;;;;/p-10. The molecule has 0 atom stereocenters. The third kappa shape index (κ3) is 57.6. The molecule has 0 aliphatic rings. The molecule has 12 heterocycles. The van der Waals surface area contributed by atoms with Crippen molar-refractivity contribution in [2.24, 2.45) is 0 Å². The quantitative estimate of drug-likeness (QED) is 0.110. The zero-order valence-corrected chi connectivity index (χ0v) is 60.5. The van der Waals surface area contributed by atoms with Crippen molar-refractivity contribution in [3.8, 4) is 69.9 Å². The van der Waals surface area contributed by atoms with E-state index in [1.165, 1.54) is 0 Å². The summed E-state index contributed by atoms with van der Waals surface area (Å²) in [4.78, 5) is 186. The van der Waals surface area contributed by atoms with E-state index in [1.54, 1.807) is 222 Å². The van der Waals surface area contributed by atoms with Crippen LogP contribution in [0.25, 0.3) is 69.9 Å². The molecular weight excluding hydrogens is 1700 g/mol. The SMILES string of the molecule is O.O.O.O.O.O.O.O.O=C([O-])C(=O)[O-].O=C([O-])C(=O)[O-].O=C([O-])C(=O)[O-].O=C([O-])C(=O)[O-].O=C([O-])C(=O)[O-].[Fe+2].[Fe+2].[Fe+3].[Fe+3].c1cnc(-c2ncccn2)nc1.c1cnc(-c2ncccn2)nc1.c1cnc(-c2ncccn2)nc1.c1cnc(-c2ncccn2)nc1.c1cnc(-c2ncccn2)nc1.c1cnc(-c2ncccn2)nc1. The molecule has 12 aromatic heterocycles. The maximum Gasteiger partial charge on any atom is 3.00 e. The first-order valence-electron chi connectivity index (χ1n) is 26.4. The number of rotatable bonds is 6. The van der Waals surface area contributed by atoms with Crippen LogP contribution in [0.5, 0.6) is 0 Å². The topological polar surface area (TPSA) is 963 Å². The van der Waals surface area contributed by atoms with Crippen LogP contribution in [0.4, 0.5) is 0 Å². The second-order valence-corrected chi connectivity index (χ2v) is 15.7. The molecule has 16 N–H and O–H groups in total. The molecule has 0 bridgehead atoms. The van der Waals surface area contributed by atoms with Gasteiger partial charge in [0, 0.05) is 149 Å². The molecule has 0 amide bonds. The monoisotopic (exact) mass is 1760 g/mol. The van der Waals surface area contributed by atoms with Gasteiger partial charge in [-0.15, -0.1) is 0 Å². The summed E-state index contributed by atoms with van der Waals surface area (Å²) in [6.45, 7) is 0. The summed E-state index contributed by atoms with van der Waals surface area (Å²) in [5.74, 6) is -15.2. The summed E-state index contributed by atoms with van der Waals surface area (Å²) < 4.78 is 0. The van der Waals surface area contributed by atoms with Crippen LogP contribution in [0.1, 0.15) is 0 Å². The maximum absolute atomic E-state index is 8.93. The van der Waals surface area contributed by atoms with E-state index in [2.05, 4.69) is 120 Å². The van der Waals surface area contributed by atoms with Gasteiger partial charge in [0.2, 0.25) is 0 Å².